The molecule has 0 aliphatic heterocycles. The minimum Gasteiger partial charge on any atom is -0.873 e. The Morgan fingerprint density at radius 3 is 0.519 bits per heavy atom. The molecule has 0 heterocycles. The molecule has 0 aliphatic carbocycles. The summed E-state index contributed by atoms with van der Waals surface area (Å²) in [4.78, 5) is 0. The molecule has 0 fully saturated rings. The van der Waals surface area contributed by atoms with Gasteiger partial charge in [0.05, 0.1) is 0 Å². The van der Waals surface area contributed by atoms with Crippen LogP contribution < -0.4 is 89.8 Å². The van der Waals surface area contributed by atoms with Gasteiger partial charge >= 0.3 is 80.8 Å². The number of benzene rings is 3. The summed E-state index contributed by atoms with van der Waals surface area (Å²) >= 11 is 0. The van der Waals surface area contributed by atoms with E-state index >= 15 is 0 Å². The maximum Gasteiger partial charge on any atom is 4.00 e. The van der Waals surface area contributed by atoms with E-state index in [9.17, 15) is 30.6 Å². The molecule has 0 saturated carbocycles. The standard InChI is InChI=1S/3C6H6O2.2Na.Ti/c3*7-5-3-1-2-4-6(5)8;;;/h3*1-4,7-8H;;;/q;;;2*+1;+4/p-6. The number of para-hydroxylation sites is 6. The Morgan fingerprint density at radius 2 is 0.444 bits per heavy atom. The molecule has 0 spiro atoms. The van der Waals surface area contributed by atoms with Crippen LogP contribution in [-0.4, -0.2) is 0 Å². The fraction of sp³-hybridized carbons (Fsp3) is 0. The van der Waals surface area contributed by atoms with E-state index < -0.39 is 34.5 Å². The van der Waals surface area contributed by atoms with Crippen LogP contribution in [0.25, 0.3) is 0 Å². The van der Waals surface area contributed by atoms with Gasteiger partial charge in [-0.1, -0.05) is 72.8 Å². The van der Waals surface area contributed by atoms with Crippen molar-refractivity contribution in [2.45, 2.75) is 0 Å². The molecule has 0 unspecified atom stereocenters. The molecule has 0 N–H and O–H groups in total. The molecule has 0 bridgehead atoms. The Labute approximate surface area is 216 Å². The smallest absolute Gasteiger partial charge is 0.873 e. The molecule has 3 rings (SSSR count). The third-order valence-corrected chi connectivity index (χ3v) is 2.55. The first kappa shape index (κ1) is 30.9. The third kappa shape index (κ3) is 13.1. The first-order valence-electron chi connectivity index (χ1n) is 6.71. The van der Waals surface area contributed by atoms with E-state index in [0.717, 1.165) is 0 Å². The second-order valence-corrected chi connectivity index (χ2v) is 4.34. The average Bonchev–Trinajstić information content (AvgIpc) is 2.57. The van der Waals surface area contributed by atoms with Crippen LogP contribution in [0.2, 0.25) is 0 Å². The van der Waals surface area contributed by atoms with Gasteiger partial charge in [-0.25, -0.2) is 0 Å². The van der Waals surface area contributed by atoms with Crippen molar-refractivity contribution in [3.05, 3.63) is 72.8 Å². The summed E-state index contributed by atoms with van der Waals surface area (Å²) in [5.74, 6) is -2.62. The summed E-state index contributed by atoms with van der Waals surface area (Å²) in [6.07, 6.45) is 0. The third-order valence-electron chi connectivity index (χ3n) is 2.55. The molecule has 126 valence electrons. The summed E-state index contributed by atoms with van der Waals surface area (Å²) in [6.45, 7) is 0. The van der Waals surface area contributed by atoms with Crippen molar-refractivity contribution in [1.82, 2.24) is 0 Å². The molecule has 0 saturated heterocycles. The quantitative estimate of drug-likeness (QED) is 0.333. The van der Waals surface area contributed by atoms with Gasteiger partial charge in [0.15, 0.2) is 0 Å². The number of hydrogen-bond donors (Lipinski definition) is 0. The molecule has 9 heteroatoms. The van der Waals surface area contributed by atoms with E-state index in [-0.39, 0.29) is 80.8 Å². The first-order chi connectivity index (χ1) is 11.4. The van der Waals surface area contributed by atoms with E-state index in [4.69, 9.17) is 0 Å². The molecule has 0 aliphatic rings. The first-order valence-corrected chi connectivity index (χ1v) is 6.71. The van der Waals surface area contributed by atoms with Crippen LogP contribution in [-0.2, 0) is 21.7 Å². The zero-order chi connectivity index (χ0) is 17.9. The van der Waals surface area contributed by atoms with Crippen molar-refractivity contribution in [1.29, 1.82) is 0 Å². The Kier molecular flexibility index (Phi) is 19.8. The van der Waals surface area contributed by atoms with E-state index in [1.165, 1.54) is 36.4 Å². The molecule has 0 atom stereocenters. The Bertz CT molecular complexity index is 608. The van der Waals surface area contributed by atoms with Crippen LogP contribution in [0.3, 0.4) is 0 Å². The van der Waals surface area contributed by atoms with Crippen LogP contribution in [0, 0.1) is 0 Å². The Morgan fingerprint density at radius 1 is 0.333 bits per heavy atom. The molecule has 0 radical (unpaired) electrons. The molecule has 27 heavy (non-hydrogen) atoms. The SMILES string of the molecule is [Na+].[Na+].[O-]c1ccccc1[O-].[O-]c1ccccc1[O-].[O-]c1ccccc1[O-].[Ti+4]. The largest absolute Gasteiger partial charge is 4.00 e. The van der Waals surface area contributed by atoms with Gasteiger partial charge in [-0.15, -0.1) is 34.5 Å². The van der Waals surface area contributed by atoms with E-state index in [2.05, 4.69) is 0 Å². The topological polar surface area (TPSA) is 138 Å². The second kappa shape index (κ2) is 17.3. The minimum absolute atomic E-state index is 0. The zero-order valence-electron chi connectivity index (χ0n) is 14.9. The molecule has 0 amide bonds. The normalized spacial score (nSPS) is 8.00. The van der Waals surface area contributed by atoms with Crippen LogP contribution in [0.15, 0.2) is 72.8 Å². The van der Waals surface area contributed by atoms with Crippen LogP contribution in [0.1, 0.15) is 0 Å². The van der Waals surface area contributed by atoms with Crippen LogP contribution in [0.4, 0.5) is 0 Å². The monoisotopic (exact) mass is 418 g/mol. The molecule has 0 aromatic heterocycles. The van der Waals surface area contributed by atoms with Gasteiger partial charge in [0, 0.05) is 0 Å². The second-order valence-electron chi connectivity index (χ2n) is 4.34. The van der Waals surface area contributed by atoms with Gasteiger partial charge in [-0.3, -0.25) is 0 Å². The maximum absolute atomic E-state index is 10.3. The molecular weight excluding hydrogens is 406 g/mol. The molecule has 3 aromatic carbocycles. The summed E-state index contributed by atoms with van der Waals surface area (Å²) in [5, 5.41) is 61.8. The predicted molar refractivity (Wildman–Crippen MR) is 76.0 cm³/mol. The van der Waals surface area contributed by atoms with Gasteiger partial charge in [-0.2, -0.15) is 0 Å². The van der Waals surface area contributed by atoms with E-state index in [1.54, 1.807) is 36.4 Å². The van der Waals surface area contributed by atoms with Gasteiger partial charge in [0.2, 0.25) is 0 Å². The van der Waals surface area contributed by atoms with Crippen molar-refractivity contribution in [3.8, 4) is 34.5 Å². The van der Waals surface area contributed by atoms with Crippen molar-refractivity contribution in [2.75, 3.05) is 0 Å². The van der Waals surface area contributed by atoms with Crippen molar-refractivity contribution in [2.24, 2.45) is 0 Å². The predicted octanol–water partition coefficient (Wildman–Crippen LogP) is -6.49. The maximum atomic E-state index is 10.3. The number of hydrogen-bond acceptors (Lipinski definition) is 6. The van der Waals surface area contributed by atoms with Crippen molar-refractivity contribution >= 4 is 0 Å². The summed E-state index contributed by atoms with van der Waals surface area (Å²) in [6, 6.07) is 16.8. The Hall–Kier alpha value is -0.826. The number of rotatable bonds is 0. The minimum atomic E-state index is -0.437. The van der Waals surface area contributed by atoms with Crippen molar-refractivity contribution < 1.29 is 111 Å². The Balaban J connectivity index is -0.000000303. The molecular formula is C18H12Na2O6Ti. The average molecular weight is 418 g/mol. The van der Waals surface area contributed by atoms with E-state index in [0.29, 0.717) is 0 Å². The summed E-state index contributed by atoms with van der Waals surface area (Å²) < 4.78 is 0. The van der Waals surface area contributed by atoms with Crippen LogP contribution in [0.5, 0.6) is 34.5 Å². The van der Waals surface area contributed by atoms with Gasteiger partial charge < -0.3 is 30.6 Å². The fourth-order valence-corrected chi connectivity index (χ4v) is 1.35. The molecule has 6 nitrogen and oxygen atoms in total. The van der Waals surface area contributed by atoms with Gasteiger partial charge in [-0.05, 0) is 0 Å². The summed E-state index contributed by atoms with van der Waals surface area (Å²) in [5.41, 5.74) is 0. The van der Waals surface area contributed by atoms with Crippen molar-refractivity contribution in [3.63, 3.8) is 0 Å². The van der Waals surface area contributed by atoms with Crippen LogP contribution >= 0.6 is 0 Å². The van der Waals surface area contributed by atoms with Gasteiger partial charge in [0.25, 0.3) is 0 Å². The summed E-state index contributed by atoms with van der Waals surface area (Å²) in [7, 11) is 0. The molecule has 3 aromatic rings. The zero-order valence-corrected chi connectivity index (χ0v) is 20.4. The van der Waals surface area contributed by atoms with E-state index in [1.807, 2.05) is 0 Å². The van der Waals surface area contributed by atoms with Gasteiger partial charge in [0.1, 0.15) is 0 Å². The fourth-order valence-electron chi connectivity index (χ4n) is 1.35.